The number of thiazole rings is 1. The molecule has 1 aromatic heterocycles. The molecule has 0 bridgehead atoms. The molecule has 0 radical (unpaired) electrons. The van der Waals surface area contributed by atoms with Gasteiger partial charge in [0.25, 0.3) is 0 Å². The standard InChI is InChI=1S/C15H28N4OS.HI/c1-4-13-12-19-14(21-13)8-10-18-15(16-3)17-9-6-7-11-20-5-2;/h12H,4-11H2,1-3H3,(H2,16,17,18);1H. The second kappa shape index (κ2) is 14.2. The fraction of sp³-hybridized carbons (Fsp3) is 0.733. The number of aliphatic imine (C=N–C) groups is 1. The van der Waals surface area contributed by atoms with E-state index in [1.54, 1.807) is 18.4 Å². The van der Waals surface area contributed by atoms with Crippen molar-refractivity contribution in [1.29, 1.82) is 0 Å². The minimum atomic E-state index is 0. The van der Waals surface area contributed by atoms with Crippen LogP contribution in [0.15, 0.2) is 11.2 Å². The number of halogens is 1. The summed E-state index contributed by atoms with van der Waals surface area (Å²) in [5, 5.41) is 7.82. The first-order valence-electron chi connectivity index (χ1n) is 7.76. The Morgan fingerprint density at radius 2 is 2.05 bits per heavy atom. The van der Waals surface area contributed by atoms with Crippen molar-refractivity contribution in [3.63, 3.8) is 0 Å². The van der Waals surface area contributed by atoms with E-state index < -0.39 is 0 Å². The number of aryl methyl sites for hydroxylation is 1. The molecule has 128 valence electrons. The molecule has 0 fully saturated rings. The summed E-state index contributed by atoms with van der Waals surface area (Å²) in [6, 6.07) is 0. The highest BCUT2D eigenvalue weighted by Gasteiger charge is 2.01. The van der Waals surface area contributed by atoms with Gasteiger partial charge < -0.3 is 15.4 Å². The second-order valence-electron chi connectivity index (χ2n) is 4.65. The summed E-state index contributed by atoms with van der Waals surface area (Å²) in [4.78, 5) is 9.99. The molecule has 22 heavy (non-hydrogen) atoms. The summed E-state index contributed by atoms with van der Waals surface area (Å²) in [5.41, 5.74) is 0. The molecule has 0 aliphatic rings. The Morgan fingerprint density at radius 1 is 1.27 bits per heavy atom. The molecule has 7 heteroatoms. The van der Waals surface area contributed by atoms with Gasteiger partial charge in [0.05, 0.1) is 5.01 Å². The third kappa shape index (κ3) is 9.58. The van der Waals surface area contributed by atoms with Gasteiger partial charge in [0.15, 0.2) is 5.96 Å². The average Bonchev–Trinajstić information content (AvgIpc) is 2.97. The van der Waals surface area contributed by atoms with Crippen LogP contribution in [0.25, 0.3) is 0 Å². The van der Waals surface area contributed by atoms with Crippen molar-refractivity contribution in [2.75, 3.05) is 33.4 Å². The van der Waals surface area contributed by atoms with E-state index in [2.05, 4.69) is 27.5 Å². The first-order valence-corrected chi connectivity index (χ1v) is 8.57. The van der Waals surface area contributed by atoms with E-state index in [9.17, 15) is 0 Å². The Balaban J connectivity index is 0.00000441. The van der Waals surface area contributed by atoms with Crippen LogP contribution in [0.3, 0.4) is 0 Å². The lowest BCUT2D eigenvalue weighted by atomic mass is 10.3. The number of hydrogen-bond donors (Lipinski definition) is 2. The van der Waals surface area contributed by atoms with Gasteiger partial charge >= 0.3 is 0 Å². The van der Waals surface area contributed by atoms with E-state index in [1.165, 1.54) is 9.88 Å². The molecular formula is C15H29IN4OS. The Morgan fingerprint density at radius 3 is 2.68 bits per heavy atom. The minimum Gasteiger partial charge on any atom is -0.382 e. The topological polar surface area (TPSA) is 58.5 Å². The fourth-order valence-electron chi connectivity index (χ4n) is 1.82. The van der Waals surface area contributed by atoms with Crippen molar-refractivity contribution < 1.29 is 4.74 Å². The zero-order chi connectivity index (χ0) is 15.3. The van der Waals surface area contributed by atoms with Crippen LogP contribution in [0, 0.1) is 0 Å². The van der Waals surface area contributed by atoms with Crippen LogP contribution in [-0.4, -0.2) is 44.3 Å². The summed E-state index contributed by atoms with van der Waals surface area (Å²) in [7, 11) is 1.80. The van der Waals surface area contributed by atoms with E-state index in [1.807, 2.05) is 13.1 Å². The number of guanidine groups is 1. The highest BCUT2D eigenvalue weighted by Crippen LogP contribution is 2.13. The third-order valence-corrected chi connectivity index (χ3v) is 4.22. The van der Waals surface area contributed by atoms with Crippen molar-refractivity contribution in [2.45, 2.75) is 39.5 Å². The van der Waals surface area contributed by atoms with Gasteiger partial charge in [0.1, 0.15) is 0 Å². The molecule has 0 unspecified atom stereocenters. The molecule has 0 aliphatic heterocycles. The molecule has 1 aromatic rings. The maximum atomic E-state index is 5.31. The van der Waals surface area contributed by atoms with Crippen LogP contribution in [-0.2, 0) is 17.6 Å². The number of ether oxygens (including phenoxy) is 1. The predicted molar refractivity (Wildman–Crippen MR) is 106 cm³/mol. The summed E-state index contributed by atoms with van der Waals surface area (Å²) < 4.78 is 5.31. The Kier molecular flexibility index (Phi) is 13.9. The van der Waals surface area contributed by atoms with Gasteiger partial charge in [-0.3, -0.25) is 4.99 Å². The maximum Gasteiger partial charge on any atom is 0.190 e. The molecule has 0 aliphatic carbocycles. The van der Waals surface area contributed by atoms with Gasteiger partial charge in [-0.1, -0.05) is 6.92 Å². The Bertz CT molecular complexity index is 412. The van der Waals surface area contributed by atoms with Crippen molar-refractivity contribution in [3.8, 4) is 0 Å². The highest BCUT2D eigenvalue weighted by atomic mass is 127. The van der Waals surface area contributed by atoms with Crippen LogP contribution in [0.2, 0.25) is 0 Å². The van der Waals surface area contributed by atoms with Crippen molar-refractivity contribution in [1.82, 2.24) is 15.6 Å². The number of nitrogens with one attached hydrogen (secondary N) is 2. The monoisotopic (exact) mass is 440 g/mol. The molecule has 5 nitrogen and oxygen atoms in total. The van der Waals surface area contributed by atoms with E-state index in [-0.39, 0.29) is 24.0 Å². The average molecular weight is 440 g/mol. The van der Waals surface area contributed by atoms with E-state index in [4.69, 9.17) is 4.74 Å². The molecule has 0 aromatic carbocycles. The van der Waals surface area contributed by atoms with E-state index >= 15 is 0 Å². The lowest BCUT2D eigenvalue weighted by Gasteiger charge is -2.11. The molecule has 0 amide bonds. The number of rotatable bonds is 10. The molecule has 0 saturated heterocycles. The largest absolute Gasteiger partial charge is 0.382 e. The summed E-state index contributed by atoms with van der Waals surface area (Å²) in [5.74, 6) is 0.860. The molecule has 0 spiro atoms. The van der Waals surface area contributed by atoms with Gasteiger partial charge in [-0.25, -0.2) is 4.98 Å². The van der Waals surface area contributed by atoms with Crippen LogP contribution in [0.5, 0.6) is 0 Å². The molecule has 1 heterocycles. The zero-order valence-electron chi connectivity index (χ0n) is 13.9. The number of nitrogens with zero attached hydrogens (tertiary/aromatic N) is 2. The number of hydrogen-bond acceptors (Lipinski definition) is 4. The number of aromatic nitrogens is 1. The quantitative estimate of drug-likeness (QED) is 0.254. The SMILES string of the molecule is CCOCCCCNC(=NC)NCCc1ncc(CC)s1.I. The molecular weight excluding hydrogens is 411 g/mol. The molecule has 2 N–H and O–H groups in total. The van der Waals surface area contributed by atoms with E-state index in [0.717, 1.165) is 57.9 Å². The van der Waals surface area contributed by atoms with E-state index in [0.29, 0.717) is 0 Å². The maximum absolute atomic E-state index is 5.31. The van der Waals surface area contributed by atoms with Crippen molar-refractivity contribution >= 4 is 41.3 Å². The molecule has 0 saturated carbocycles. The van der Waals surface area contributed by atoms with Gasteiger partial charge in [0.2, 0.25) is 0 Å². The first kappa shape index (κ1) is 21.6. The molecule has 0 atom stereocenters. The van der Waals surface area contributed by atoms with Crippen molar-refractivity contribution in [3.05, 3.63) is 16.1 Å². The van der Waals surface area contributed by atoms with Crippen LogP contribution in [0.4, 0.5) is 0 Å². The first-order chi connectivity index (χ1) is 10.3. The second-order valence-corrected chi connectivity index (χ2v) is 5.85. The Hall–Kier alpha value is -0.410. The minimum absolute atomic E-state index is 0. The fourth-order valence-corrected chi connectivity index (χ4v) is 2.68. The number of unbranched alkanes of at least 4 members (excludes halogenated alkanes) is 1. The lowest BCUT2D eigenvalue weighted by molar-refractivity contribution is 0.143. The van der Waals surface area contributed by atoms with Gasteiger partial charge in [-0.15, -0.1) is 35.3 Å². The summed E-state index contributed by atoms with van der Waals surface area (Å²) in [6.45, 7) is 7.60. The van der Waals surface area contributed by atoms with Crippen molar-refractivity contribution in [2.24, 2.45) is 4.99 Å². The zero-order valence-corrected chi connectivity index (χ0v) is 17.0. The van der Waals surface area contributed by atoms with Crippen LogP contribution < -0.4 is 10.6 Å². The normalized spacial score (nSPS) is 11.1. The smallest absolute Gasteiger partial charge is 0.190 e. The summed E-state index contributed by atoms with van der Waals surface area (Å²) >= 11 is 1.80. The van der Waals surface area contributed by atoms with Gasteiger partial charge in [-0.2, -0.15) is 0 Å². The highest BCUT2D eigenvalue weighted by molar-refractivity contribution is 14.0. The Labute approximate surface area is 155 Å². The van der Waals surface area contributed by atoms with Crippen LogP contribution >= 0.6 is 35.3 Å². The predicted octanol–water partition coefficient (Wildman–Crippen LogP) is 2.85. The van der Waals surface area contributed by atoms with Gasteiger partial charge in [-0.05, 0) is 26.2 Å². The third-order valence-electron chi connectivity index (χ3n) is 3.02. The van der Waals surface area contributed by atoms with Crippen LogP contribution in [0.1, 0.15) is 36.6 Å². The lowest BCUT2D eigenvalue weighted by Crippen LogP contribution is -2.38. The van der Waals surface area contributed by atoms with Gasteiger partial charge in [0, 0.05) is 50.8 Å². The molecule has 1 rings (SSSR count). The summed E-state index contributed by atoms with van der Waals surface area (Å²) in [6.07, 6.45) is 6.15.